The summed E-state index contributed by atoms with van der Waals surface area (Å²) in [7, 11) is 1.53. The second-order valence-electron chi connectivity index (χ2n) is 2.60. The normalized spacial score (nSPS) is 9.77. The zero-order valence-electron chi connectivity index (χ0n) is 8.01. The fourth-order valence-electron chi connectivity index (χ4n) is 1.13. The van der Waals surface area contributed by atoms with Gasteiger partial charge in [-0.1, -0.05) is 0 Å². The lowest BCUT2D eigenvalue weighted by Crippen LogP contribution is -2.06. The van der Waals surface area contributed by atoms with Crippen LogP contribution in [0.1, 0.15) is 23.0 Å². The average molecular weight is 183 g/mol. The van der Waals surface area contributed by atoms with Crippen LogP contribution in [-0.2, 0) is 4.74 Å². The Labute approximate surface area is 76.9 Å². The van der Waals surface area contributed by atoms with E-state index in [9.17, 15) is 4.79 Å². The quantitative estimate of drug-likeness (QED) is 0.722. The maximum atomic E-state index is 11.3. The molecule has 0 saturated heterocycles. The SMILES string of the molecule is CCOC(=O)c1[nH]cc(C)c1OC. The van der Waals surface area contributed by atoms with Crippen LogP contribution in [0.3, 0.4) is 0 Å². The number of carbonyl (C=O) groups excluding carboxylic acids is 1. The van der Waals surface area contributed by atoms with Gasteiger partial charge in [-0.05, 0) is 13.8 Å². The number of H-pyrrole nitrogens is 1. The molecule has 0 amide bonds. The van der Waals surface area contributed by atoms with Gasteiger partial charge in [0, 0.05) is 11.8 Å². The van der Waals surface area contributed by atoms with Crippen LogP contribution in [0.5, 0.6) is 5.75 Å². The van der Waals surface area contributed by atoms with Gasteiger partial charge in [-0.2, -0.15) is 0 Å². The molecule has 0 aliphatic rings. The molecule has 1 heterocycles. The highest BCUT2D eigenvalue weighted by Gasteiger charge is 2.16. The molecule has 0 aliphatic heterocycles. The minimum absolute atomic E-state index is 0.361. The van der Waals surface area contributed by atoms with Crippen molar-refractivity contribution >= 4 is 5.97 Å². The molecular weight excluding hydrogens is 170 g/mol. The molecule has 0 radical (unpaired) electrons. The summed E-state index contributed by atoms with van der Waals surface area (Å²) in [6.07, 6.45) is 1.71. The topological polar surface area (TPSA) is 51.3 Å². The molecule has 13 heavy (non-hydrogen) atoms. The summed E-state index contributed by atoms with van der Waals surface area (Å²) >= 11 is 0. The summed E-state index contributed by atoms with van der Waals surface area (Å²) in [5, 5.41) is 0. The maximum Gasteiger partial charge on any atom is 0.358 e. The molecule has 0 unspecified atom stereocenters. The van der Waals surface area contributed by atoms with E-state index in [0.29, 0.717) is 18.1 Å². The van der Waals surface area contributed by atoms with Crippen molar-refractivity contribution < 1.29 is 14.3 Å². The van der Waals surface area contributed by atoms with Crippen LogP contribution < -0.4 is 4.74 Å². The van der Waals surface area contributed by atoms with Crippen LogP contribution in [0.25, 0.3) is 0 Å². The van der Waals surface area contributed by atoms with Crippen molar-refractivity contribution in [2.45, 2.75) is 13.8 Å². The lowest BCUT2D eigenvalue weighted by atomic mass is 10.3. The van der Waals surface area contributed by atoms with Crippen LogP contribution in [-0.4, -0.2) is 24.7 Å². The van der Waals surface area contributed by atoms with Crippen molar-refractivity contribution in [1.29, 1.82) is 0 Å². The number of nitrogens with one attached hydrogen (secondary N) is 1. The Morgan fingerprint density at radius 1 is 1.62 bits per heavy atom. The molecule has 72 valence electrons. The van der Waals surface area contributed by atoms with Gasteiger partial charge in [-0.3, -0.25) is 0 Å². The first kappa shape index (κ1) is 9.64. The van der Waals surface area contributed by atoms with Crippen LogP contribution in [0.2, 0.25) is 0 Å². The Morgan fingerprint density at radius 3 is 2.85 bits per heavy atom. The molecule has 0 aliphatic carbocycles. The smallest absolute Gasteiger partial charge is 0.358 e. The van der Waals surface area contributed by atoms with E-state index >= 15 is 0 Å². The average Bonchev–Trinajstić information content (AvgIpc) is 2.47. The predicted molar refractivity (Wildman–Crippen MR) is 48.0 cm³/mol. The number of ether oxygens (including phenoxy) is 2. The number of hydrogen-bond donors (Lipinski definition) is 1. The first-order chi connectivity index (χ1) is 6.20. The number of rotatable bonds is 3. The van der Waals surface area contributed by atoms with Crippen LogP contribution in [0.4, 0.5) is 0 Å². The van der Waals surface area contributed by atoms with Gasteiger partial charge < -0.3 is 14.5 Å². The fourth-order valence-corrected chi connectivity index (χ4v) is 1.13. The summed E-state index contributed by atoms with van der Waals surface area (Å²) in [6.45, 7) is 3.98. The van der Waals surface area contributed by atoms with Gasteiger partial charge in [-0.15, -0.1) is 0 Å². The minimum Gasteiger partial charge on any atom is -0.494 e. The fraction of sp³-hybridized carbons (Fsp3) is 0.444. The Balaban J connectivity index is 2.93. The molecule has 0 fully saturated rings. The lowest BCUT2D eigenvalue weighted by Gasteiger charge is -2.02. The van der Waals surface area contributed by atoms with E-state index in [1.807, 2.05) is 6.92 Å². The molecule has 0 aromatic carbocycles. The summed E-state index contributed by atoms with van der Waals surface area (Å²) in [6, 6.07) is 0. The number of aromatic amines is 1. The number of methoxy groups -OCH3 is 1. The maximum absolute atomic E-state index is 11.3. The summed E-state index contributed by atoms with van der Waals surface area (Å²) in [4.78, 5) is 14.1. The van der Waals surface area contributed by atoms with E-state index in [-0.39, 0.29) is 5.97 Å². The van der Waals surface area contributed by atoms with Crippen LogP contribution in [0, 0.1) is 6.92 Å². The third kappa shape index (κ3) is 1.83. The Morgan fingerprint density at radius 2 is 2.31 bits per heavy atom. The van der Waals surface area contributed by atoms with Gasteiger partial charge in [0.05, 0.1) is 13.7 Å². The summed E-state index contributed by atoms with van der Waals surface area (Å²) in [5.41, 5.74) is 1.27. The van der Waals surface area contributed by atoms with Crippen molar-refractivity contribution in [2.75, 3.05) is 13.7 Å². The van der Waals surface area contributed by atoms with Gasteiger partial charge in [0.2, 0.25) is 0 Å². The Hall–Kier alpha value is -1.45. The van der Waals surface area contributed by atoms with Crippen molar-refractivity contribution in [1.82, 2.24) is 4.98 Å². The van der Waals surface area contributed by atoms with E-state index in [2.05, 4.69) is 4.98 Å². The number of aromatic nitrogens is 1. The molecule has 0 spiro atoms. The molecule has 4 heteroatoms. The van der Waals surface area contributed by atoms with Crippen LogP contribution >= 0.6 is 0 Å². The molecule has 0 bridgehead atoms. The summed E-state index contributed by atoms with van der Waals surface area (Å²) < 4.78 is 9.89. The van der Waals surface area contributed by atoms with Gasteiger partial charge in [0.15, 0.2) is 11.4 Å². The third-order valence-corrected chi connectivity index (χ3v) is 1.70. The van der Waals surface area contributed by atoms with Gasteiger partial charge in [0.1, 0.15) is 0 Å². The van der Waals surface area contributed by atoms with Crippen molar-refractivity contribution in [3.05, 3.63) is 17.5 Å². The summed E-state index contributed by atoms with van der Waals surface area (Å²) in [5.74, 6) is 0.172. The minimum atomic E-state index is -0.382. The largest absolute Gasteiger partial charge is 0.494 e. The van der Waals surface area contributed by atoms with Gasteiger partial charge >= 0.3 is 5.97 Å². The van der Waals surface area contributed by atoms with Crippen LogP contribution in [0.15, 0.2) is 6.20 Å². The standard InChI is InChI=1S/C9H13NO3/c1-4-13-9(11)7-8(12-3)6(2)5-10-7/h5,10H,4H2,1-3H3. The molecule has 1 aromatic heterocycles. The first-order valence-electron chi connectivity index (χ1n) is 4.09. The van der Waals surface area contributed by atoms with Crippen molar-refractivity contribution in [3.63, 3.8) is 0 Å². The molecule has 1 aromatic rings. The number of esters is 1. The third-order valence-electron chi connectivity index (χ3n) is 1.70. The van der Waals surface area contributed by atoms with E-state index in [0.717, 1.165) is 5.56 Å². The highest BCUT2D eigenvalue weighted by Crippen LogP contribution is 2.22. The number of carbonyl (C=O) groups is 1. The molecule has 4 nitrogen and oxygen atoms in total. The van der Waals surface area contributed by atoms with E-state index in [1.54, 1.807) is 13.1 Å². The predicted octanol–water partition coefficient (Wildman–Crippen LogP) is 1.51. The van der Waals surface area contributed by atoms with Gasteiger partial charge in [-0.25, -0.2) is 4.79 Å². The second-order valence-corrected chi connectivity index (χ2v) is 2.60. The zero-order chi connectivity index (χ0) is 9.84. The first-order valence-corrected chi connectivity index (χ1v) is 4.09. The number of aryl methyl sites for hydroxylation is 1. The van der Waals surface area contributed by atoms with Gasteiger partial charge in [0.25, 0.3) is 0 Å². The van der Waals surface area contributed by atoms with E-state index in [1.165, 1.54) is 7.11 Å². The molecular formula is C9H13NO3. The molecule has 1 rings (SSSR count). The monoisotopic (exact) mass is 183 g/mol. The Kier molecular flexibility index (Phi) is 2.95. The lowest BCUT2D eigenvalue weighted by molar-refractivity contribution is 0.0516. The number of hydrogen-bond acceptors (Lipinski definition) is 3. The van der Waals surface area contributed by atoms with E-state index < -0.39 is 0 Å². The molecule has 1 N–H and O–H groups in total. The van der Waals surface area contributed by atoms with E-state index in [4.69, 9.17) is 9.47 Å². The molecule has 0 saturated carbocycles. The molecule has 0 atom stereocenters. The highest BCUT2D eigenvalue weighted by atomic mass is 16.5. The highest BCUT2D eigenvalue weighted by molar-refractivity contribution is 5.91. The zero-order valence-corrected chi connectivity index (χ0v) is 8.01. The Bertz CT molecular complexity index is 304. The van der Waals surface area contributed by atoms with Crippen molar-refractivity contribution in [3.8, 4) is 5.75 Å². The second kappa shape index (κ2) is 3.98. The van der Waals surface area contributed by atoms with Crippen molar-refractivity contribution in [2.24, 2.45) is 0 Å².